The minimum Gasteiger partial charge on any atom is -0.482 e. The number of benzene rings is 1. The number of rotatable bonds is 1. The molecule has 0 aliphatic carbocycles. The minimum absolute atomic E-state index is 0.362. The van der Waals surface area contributed by atoms with Crippen LogP contribution in [-0.2, 0) is 0 Å². The zero-order valence-corrected chi connectivity index (χ0v) is 13.2. The van der Waals surface area contributed by atoms with Gasteiger partial charge in [0.2, 0.25) is 0 Å². The first-order chi connectivity index (χ1) is 9.88. The molecule has 0 bridgehead atoms. The molecule has 0 fully saturated rings. The quantitative estimate of drug-likeness (QED) is 0.788. The standard InChI is InChI=1S/C16H14BrFN2O/c1-16(2)15(17)14(12-6-3-9(18)8-20-12)11-5-4-10(19)7-13(11)21-16/h3-8H,19H2,1-2H3. The number of hydrogen-bond acceptors (Lipinski definition) is 3. The number of fused-ring (bicyclic) bond motifs is 1. The van der Waals surface area contributed by atoms with Crippen LogP contribution in [0.25, 0.3) is 5.57 Å². The van der Waals surface area contributed by atoms with Crippen molar-refractivity contribution < 1.29 is 9.13 Å². The van der Waals surface area contributed by atoms with Crippen molar-refractivity contribution in [3.8, 4) is 5.75 Å². The molecule has 0 atom stereocenters. The van der Waals surface area contributed by atoms with Crippen molar-refractivity contribution >= 4 is 27.2 Å². The normalized spacial score (nSPS) is 16.4. The summed E-state index contributed by atoms with van der Waals surface area (Å²) in [6.45, 7) is 3.90. The second kappa shape index (κ2) is 4.84. The summed E-state index contributed by atoms with van der Waals surface area (Å²) in [6, 6.07) is 8.55. The highest BCUT2D eigenvalue weighted by Gasteiger charge is 2.34. The molecule has 21 heavy (non-hydrogen) atoms. The van der Waals surface area contributed by atoms with Crippen LogP contribution in [-0.4, -0.2) is 10.6 Å². The number of pyridine rings is 1. The number of hydrogen-bond donors (Lipinski definition) is 1. The summed E-state index contributed by atoms with van der Waals surface area (Å²) in [5.74, 6) is 0.337. The number of nitrogens with zero attached hydrogens (tertiary/aromatic N) is 1. The Labute approximate surface area is 130 Å². The smallest absolute Gasteiger partial charge is 0.141 e. The highest BCUT2D eigenvalue weighted by molar-refractivity contribution is 9.12. The van der Waals surface area contributed by atoms with Crippen molar-refractivity contribution in [2.45, 2.75) is 19.4 Å². The van der Waals surface area contributed by atoms with Gasteiger partial charge in [0.15, 0.2) is 0 Å². The Balaban J connectivity index is 2.26. The van der Waals surface area contributed by atoms with E-state index in [1.807, 2.05) is 26.0 Å². The molecule has 1 aliphatic rings. The molecule has 108 valence electrons. The van der Waals surface area contributed by atoms with Crippen molar-refractivity contribution in [3.05, 3.63) is 58.1 Å². The first kappa shape index (κ1) is 14.1. The molecule has 2 N–H and O–H groups in total. The third-order valence-corrected chi connectivity index (χ3v) is 4.72. The minimum atomic E-state index is -0.549. The SMILES string of the molecule is CC1(C)Oc2cc(N)ccc2C(c2ccc(F)cn2)=C1Br. The van der Waals surface area contributed by atoms with E-state index in [9.17, 15) is 4.39 Å². The topological polar surface area (TPSA) is 48.1 Å². The van der Waals surface area contributed by atoms with E-state index in [2.05, 4.69) is 20.9 Å². The van der Waals surface area contributed by atoms with Crippen LogP contribution in [0.2, 0.25) is 0 Å². The maximum Gasteiger partial charge on any atom is 0.141 e. The third kappa shape index (κ3) is 2.42. The largest absolute Gasteiger partial charge is 0.482 e. The molecule has 2 aromatic rings. The van der Waals surface area contributed by atoms with E-state index in [1.165, 1.54) is 12.3 Å². The monoisotopic (exact) mass is 348 g/mol. The van der Waals surface area contributed by atoms with E-state index in [1.54, 1.807) is 12.1 Å². The summed E-state index contributed by atoms with van der Waals surface area (Å²) < 4.78 is 20.0. The van der Waals surface area contributed by atoms with Gasteiger partial charge >= 0.3 is 0 Å². The van der Waals surface area contributed by atoms with Crippen LogP contribution in [0.15, 0.2) is 41.0 Å². The predicted molar refractivity (Wildman–Crippen MR) is 84.7 cm³/mol. The Hall–Kier alpha value is -1.88. The fourth-order valence-corrected chi connectivity index (χ4v) is 2.84. The Bertz CT molecular complexity index is 738. The number of nitrogens with two attached hydrogens (primary N) is 1. The maximum atomic E-state index is 13.1. The fourth-order valence-electron chi connectivity index (χ4n) is 2.34. The lowest BCUT2D eigenvalue weighted by Crippen LogP contribution is -2.32. The van der Waals surface area contributed by atoms with E-state index >= 15 is 0 Å². The van der Waals surface area contributed by atoms with Gasteiger partial charge in [-0.15, -0.1) is 0 Å². The van der Waals surface area contributed by atoms with Crippen molar-refractivity contribution in [1.82, 2.24) is 4.98 Å². The average molecular weight is 349 g/mol. The van der Waals surface area contributed by atoms with Gasteiger partial charge in [-0.25, -0.2) is 4.39 Å². The molecule has 0 spiro atoms. The van der Waals surface area contributed by atoms with Gasteiger partial charge < -0.3 is 10.5 Å². The average Bonchev–Trinajstić information content (AvgIpc) is 2.41. The second-order valence-electron chi connectivity index (χ2n) is 5.42. The summed E-state index contributed by atoms with van der Waals surface area (Å²) in [7, 11) is 0. The molecule has 1 aromatic heterocycles. The molecule has 3 nitrogen and oxygen atoms in total. The maximum absolute atomic E-state index is 13.1. The van der Waals surface area contributed by atoms with Gasteiger partial charge in [-0.1, -0.05) is 15.9 Å². The summed E-state index contributed by atoms with van der Waals surface area (Å²) in [5, 5.41) is 0. The van der Waals surface area contributed by atoms with E-state index < -0.39 is 5.60 Å². The first-order valence-corrected chi connectivity index (χ1v) is 7.29. The van der Waals surface area contributed by atoms with Crippen LogP contribution in [0.1, 0.15) is 25.1 Å². The van der Waals surface area contributed by atoms with Gasteiger partial charge in [0.1, 0.15) is 17.2 Å². The highest BCUT2D eigenvalue weighted by atomic mass is 79.9. The summed E-state index contributed by atoms with van der Waals surface area (Å²) in [4.78, 5) is 4.19. The lowest BCUT2D eigenvalue weighted by molar-refractivity contribution is 0.155. The first-order valence-electron chi connectivity index (χ1n) is 6.49. The second-order valence-corrected chi connectivity index (χ2v) is 6.21. The van der Waals surface area contributed by atoms with Gasteiger partial charge in [0, 0.05) is 27.4 Å². The highest BCUT2D eigenvalue weighted by Crippen LogP contribution is 2.46. The third-order valence-electron chi connectivity index (χ3n) is 3.37. The lowest BCUT2D eigenvalue weighted by Gasteiger charge is -2.34. The van der Waals surface area contributed by atoms with E-state index in [-0.39, 0.29) is 5.82 Å². The zero-order chi connectivity index (χ0) is 15.2. The number of halogens is 2. The lowest BCUT2D eigenvalue weighted by atomic mass is 9.92. The van der Waals surface area contributed by atoms with Crippen molar-refractivity contribution in [2.75, 3.05) is 5.73 Å². The molecule has 3 rings (SSSR count). The van der Waals surface area contributed by atoms with Gasteiger partial charge in [-0.05, 0) is 38.1 Å². The van der Waals surface area contributed by atoms with E-state index in [0.717, 1.165) is 15.6 Å². The summed E-state index contributed by atoms with van der Waals surface area (Å²) in [5.41, 5.74) is 8.38. The molecule has 1 aromatic carbocycles. The number of aromatic nitrogens is 1. The summed E-state index contributed by atoms with van der Waals surface area (Å²) >= 11 is 3.61. The van der Waals surface area contributed by atoms with Crippen molar-refractivity contribution in [1.29, 1.82) is 0 Å². The van der Waals surface area contributed by atoms with Gasteiger partial charge in [-0.2, -0.15) is 0 Å². The van der Waals surface area contributed by atoms with Gasteiger partial charge in [0.25, 0.3) is 0 Å². The Morgan fingerprint density at radius 2 is 2.00 bits per heavy atom. The molecule has 1 aliphatic heterocycles. The fraction of sp³-hybridized carbons (Fsp3) is 0.188. The predicted octanol–water partition coefficient (Wildman–Crippen LogP) is 4.13. The Morgan fingerprint density at radius 1 is 1.24 bits per heavy atom. The van der Waals surface area contributed by atoms with Crippen LogP contribution in [0.4, 0.5) is 10.1 Å². The van der Waals surface area contributed by atoms with E-state index in [4.69, 9.17) is 10.5 Å². The van der Waals surface area contributed by atoms with Crippen LogP contribution in [0.3, 0.4) is 0 Å². The van der Waals surface area contributed by atoms with Crippen LogP contribution >= 0.6 is 15.9 Å². The molecule has 0 unspecified atom stereocenters. The zero-order valence-electron chi connectivity index (χ0n) is 11.7. The van der Waals surface area contributed by atoms with Crippen molar-refractivity contribution in [2.24, 2.45) is 0 Å². The molecular formula is C16H14BrFN2O. The molecule has 2 heterocycles. The van der Waals surface area contributed by atoms with Crippen LogP contribution < -0.4 is 10.5 Å². The van der Waals surface area contributed by atoms with Crippen LogP contribution in [0, 0.1) is 5.82 Å². The number of ether oxygens (including phenoxy) is 1. The molecular weight excluding hydrogens is 335 g/mol. The van der Waals surface area contributed by atoms with Gasteiger partial charge in [0.05, 0.1) is 11.9 Å². The molecule has 0 radical (unpaired) electrons. The molecule has 0 amide bonds. The number of anilines is 1. The summed E-state index contributed by atoms with van der Waals surface area (Å²) in [6.07, 6.45) is 1.21. The molecule has 5 heteroatoms. The van der Waals surface area contributed by atoms with Crippen LogP contribution in [0.5, 0.6) is 5.75 Å². The van der Waals surface area contributed by atoms with Crippen molar-refractivity contribution in [3.63, 3.8) is 0 Å². The van der Waals surface area contributed by atoms with Gasteiger partial charge in [-0.3, -0.25) is 4.98 Å². The molecule has 0 saturated carbocycles. The Morgan fingerprint density at radius 3 is 2.67 bits per heavy atom. The van der Waals surface area contributed by atoms with E-state index in [0.29, 0.717) is 17.1 Å². The number of nitrogen functional groups attached to an aromatic ring is 1. The molecule has 0 saturated heterocycles. The Kier molecular flexibility index (Phi) is 3.24.